The molecule has 31 heavy (non-hydrogen) atoms. The van der Waals surface area contributed by atoms with Crippen LogP contribution in [0.25, 0.3) is 24.3 Å². The number of phenols is 2. The standard InChI is InChI=1S/C25H28N2O4/c1-25(2,3)27-20(11-7-18-9-13-22(29)24(15-18)31-5)16-19(26-27)10-6-17-8-12-21(28)23(14-17)30-4/h6-16,28-29H,1-5H3/b10-6+,11-7+. The highest BCUT2D eigenvalue weighted by atomic mass is 16.5. The maximum atomic E-state index is 9.78. The van der Waals surface area contributed by atoms with Gasteiger partial charge in [0.2, 0.25) is 0 Å². The molecule has 3 rings (SSSR count). The topological polar surface area (TPSA) is 76.7 Å². The summed E-state index contributed by atoms with van der Waals surface area (Å²) in [7, 11) is 3.05. The minimum Gasteiger partial charge on any atom is -0.504 e. The van der Waals surface area contributed by atoms with Crippen molar-refractivity contribution in [3.63, 3.8) is 0 Å². The van der Waals surface area contributed by atoms with E-state index in [2.05, 4.69) is 20.8 Å². The number of hydrogen-bond donors (Lipinski definition) is 2. The van der Waals surface area contributed by atoms with Gasteiger partial charge >= 0.3 is 0 Å². The molecule has 0 bridgehead atoms. The van der Waals surface area contributed by atoms with Gasteiger partial charge in [0.1, 0.15) is 0 Å². The highest BCUT2D eigenvalue weighted by Gasteiger charge is 2.17. The van der Waals surface area contributed by atoms with E-state index in [1.807, 2.05) is 47.2 Å². The monoisotopic (exact) mass is 420 g/mol. The predicted molar refractivity (Wildman–Crippen MR) is 124 cm³/mol. The van der Waals surface area contributed by atoms with Crippen LogP contribution in [0.5, 0.6) is 23.0 Å². The number of aromatic nitrogens is 2. The first-order valence-electron chi connectivity index (χ1n) is 9.92. The number of ether oxygens (including phenoxy) is 2. The number of phenolic OH excluding ortho intramolecular Hbond substituents is 2. The maximum Gasteiger partial charge on any atom is 0.161 e. The summed E-state index contributed by atoms with van der Waals surface area (Å²) in [6, 6.07) is 12.4. The van der Waals surface area contributed by atoms with Crippen molar-refractivity contribution < 1.29 is 19.7 Å². The molecule has 162 valence electrons. The van der Waals surface area contributed by atoms with Crippen LogP contribution in [-0.2, 0) is 5.54 Å². The second kappa shape index (κ2) is 9.00. The quantitative estimate of drug-likeness (QED) is 0.558. The third-order valence-electron chi connectivity index (χ3n) is 4.69. The summed E-state index contributed by atoms with van der Waals surface area (Å²) in [6.45, 7) is 6.29. The van der Waals surface area contributed by atoms with Gasteiger partial charge in [-0.2, -0.15) is 5.10 Å². The van der Waals surface area contributed by atoms with Crippen LogP contribution in [0, 0.1) is 0 Å². The summed E-state index contributed by atoms with van der Waals surface area (Å²) < 4.78 is 12.3. The molecular formula is C25H28N2O4. The fraction of sp³-hybridized carbons (Fsp3) is 0.240. The molecule has 0 saturated heterocycles. The van der Waals surface area contributed by atoms with Crippen molar-refractivity contribution >= 4 is 24.3 Å². The molecule has 3 aromatic rings. The SMILES string of the molecule is COc1cc(/C=C/c2cc(/C=C/c3ccc(O)c(OC)c3)n(C(C)(C)C)n2)ccc1O. The summed E-state index contributed by atoms with van der Waals surface area (Å²) in [5, 5.41) is 24.3. The van der Waals surface area contributed by atoms with E-state index in [4.69, 9.17) is 14.6 Å². The first-order valence-corrected chi connectivity index (χ1v) is 9.92. The fourth-order valence-electron chi connectivity index (χ4n) is 3.11. The van der Waals surface area contributed by atoms with Crippen LogP contribution < -0.4 is 9.47 Å². The van der Waals surface area contributed by atoms with Crippen molar-refractivity contribution in [3.8, 4) is 23.0 Å². The average molecular weight is 421 g/mol. The Bertz CT molecular complexity index is 1120. The number of benzene rings is 2. The van der Waals surface area contributed by atoms with Crippen molar-refractivity contribution in [2.75, 3.05) is 14.2 Å². The number of hydrogen-bond acceptors (Lipinski definition) is 5. The number of methoxy groups -OCH3 is 2. The molecule has 0 unspecified atom stereocenters. The molecule has 0 atom stereocenters. The number of rotatable bonds is 6. The molecule has 0 aliphatic heterocycles. The summed E-state index contributed by atoms with van der Waals surface area (Å²) in [6.07, 6.45) is 7.80. The summed E-state index contributed by atoms with van der Waals surface area (Å²) in [5.41, 5.74) is 3.35. The summed E-state index contributed by atoms with van der Waals surface area (Å²) >= 11 is 0. The molecule has 6 nitrogen and oxygen atoms in total. The molecular weight excluding hydrogens is 392 g/mol. The van der Waals surface area contributed by atoms with E-state index in [0.29, 0.717) is 11.5 Å². The predicted octanol–water partition coefficient (Wildman–Crippen LogP) is 5.41. The lowest BCUT2D eigenvalue weighted by atomic mass is 10.1. The van der Waals surface area contributed by atoms with Gasteiger partial charge in [-0.3, -0.25) is 4.68 Å². The van der Waals surface area contributed by atoms with Crippen molar-refractivity contribution in [1.29, 1.82) is 0 Å². The van der Waals surface area contributed by atoms with E-state index in [-0.39, 0.29) is 17.0 Å². The first kappa shape index (κ1) is 22.0. The lowest BCUT2D eigenvalue weighted by Crippen LogP contribution is -2.24. The molecule has 0 spiro atoms. The van der Waals surface area contributed by atoms with Gasteiger partial charge < -0.3 is 19.7 Å². The molecule has 2 N–H and O–H groups in total. The molecule has 0 aliphatic rings. The molecule has 6 heteroatoms. The van der Waals surface area contributed by atoms with E-state index in [1.165, 1.54) is 14.2 Å². The Labute approximate surface area is 182 Å². The van der Waals surface area contributed by atoms with Gasteiger partial charge in [0, 0.05) is 0 Å². The molecule has 0 saturated carbocycles. The van der Waals surface area contributed by atoms with E-state index in [9.17, 15) is 10.2 Å². The Morgan fingerprint density at radius 3 is 1.77 bits per heavy atom. The molecule has 0 amide bonds. The number of nitrogens with zero attached hydrogens (tertiary/aromatic N) is 2. The largest absolute Gasteiger partial charge is 0.504 e. The maximum absolute atomic E-state index is 9.78. The normalized spacial score (nSPS) is 12.0. The number of aromatic hydroxyl groups is 2. The van der Waals surface area contributed by atoms with Gasteiger partial charge in [-0.15, -0.1) is 0 Å². The lowest BCUT2D eigenvalue weighted by Gasteiger charge is -2.21. The van der Waals surface area contributed by atoms with Gasteiger partial charge in [-0.1, -0.05) is 24.3 Å². The van der Waals surface area contributed by atoms with E-state index >= 15 is 0 Å². The fourth-order valence-corrected chi connectivity index (χ4v) is 3.11. The van der Waals surface area contributed by atoms with E-state index in [0.717, 1.165) is 22.5 Å². The first-order chi connectivity index (χ1) is 14.7. The van der Waals surface area contributed by atoms with Crippen molar-refractivity contribution in [3.05, 3.63) is 65.0 Å². The highest BCUT2D eigenvalue weighted by Crippen LogP contribution is 2.29. The van der Waals surface area contributed by atoms with Crippen LogP contribution in [-0.4, -0.2) is 34.2 Å². The second-order valence-electron chi connectivity index (χ2n) is 8.11. The minimum atomic E-state index is -0.208. The van der Waals surface area contributed by atoms with E-state index < -0.39 is 0 Å². The smallest absolute Gasteiger partial charge is 0.161 e. The zero-order valence-electron chi connectivity index (χ0n) is 18.5. The van der Waals surface area contributed by atoms with Crippen LogP contribution in [0.2, 0.25) is 0 Å². The zero-order valence-corrected chi connectivity index (χ0v) is 18.5. The van der Waals surface area contributed by atoms with Gasteiger partial charge in [0.25, 0.3) is 0 Å². The molecule has 0 radical (unpaired) electrons. The van der Waals surface area contributed by atoms with E-state index in [1.54, 1.807) is 24.3 Å². The zero-order chi connectivity index (χ0) is 22.6. The van der Waals surface area contributed by atoms with Crippen LogP contribution >= 0.6 is 0 Å². The molecule has 2 aromatic carbocycles. The Morgan fingerprint density at radius 2 is 1.29 bits per heavy atom. The third kappa shape index (κ3) is 5.28. The Kier molecular flexibility index (Phi) is 6.39. The summed E-state index contributed by atoms with van der Waals surface area (Å²) in [4.78, 5) is 0. The Morgan fingerprint density at radius 1 is 0.774 bits per heavy atom. The molecule has 0 aliphatic carbocycles. The van der Waals surface area contributed by atoms with Gasteiger partial charge in [-0.25, -0.2) is 0 Å². The van der Waals surface area contributed by atoms with Crippen molar-refractivity contribution in [1.82, 2.24) is 9.78 Å². The Balaban J connectivity index is 1.91. The van der Waals surface area contributed by atoms with Gasteiger partial charge in [0.05, 0.1) is 31.1 Å². The van der Waals surface area contributed by atoms with Crippen LogP contribution in [0.3, 0.4) is 0 Å². The summed E-state index contributed by atoms with van der Waals surface area (Å²) in [5.74, 6) is 1.07. The third-order valence-corrected chi connectivity index (χ3v) is 4.69. The van der Waals surface area contributed by atoms with Crippen molar-refractivity contribution in [2.24, 2.45) is 0 Å². The average Bonchev–Trinajstić information content (AvgIpc) is 3.16. The van der Waals surface area contributed by atoms with Gasteiger partial charge in [0.15, 0.2) is 23.0 Å². The lowest BCUT2D eigenvalue weighted by molar-refractivity contribution is 0.353. The van der Waals surface area contributed by atoms with Crippen LogP contribution in [0.1, 0.15) is 43.3 Å². The van der Waals surface area contributed by atoms with Crippen molar-refractivity contribution in [2.45, 2.75) is 26.3 Å². The second-order valence-corrected chi connectivity index (χ2v) is 8.11. The minimum absolute atomic E-state index is 0.106. The van der Waals surface area contributed by atoms with Crippen LogP contribution in [0.4, 0.5) is 0 Å². The molecule has 1 aromatic heterocycles. The van der Waals surface area contributed by atoms with Crippen LogP contribution in [0.15, 0.2) is 42.5 Å². The highest BCUT2D eigenvalue weighted by molar-refractivity contribution is 5.73. The Hall–Kier alpha value is -3.67. The molecule has 0 fully saturated rings. The van der Waals surface area contributed by atoms with Gasteiger partial charge in [-0.05, 0) is 74.4 Å². The molecule has 1 heterocycles.